The van der Waals surface area contributed by atoms with E-state index >= 15 is 0 Å². The van der Waals surface area contributed by atoms with Gasteiger partial charge in [0.05, 0.1) is 17.2 Å². The van der Waals surface area contributed by atoms with Gasteiger partial charge in [0.2, 0.25) is 0 Å². The zero-order valence-electron chi connectivity index (χ0n) is 13.8. The number of amides is 1. The summed E-state index contributed by atoms with van der Waals surface area (Å²) in [5, 5.41) is 2.32. The minimum atomic E-state index is -3.06. The number of aromatic nitrogens is 2. The summed E-state index contributed by atoms with van der Waals surface area (Å²) in [5.41, 5.74) is -0.196. The van der Waals surface area contributed by atoms with Crippen LogP contribution in [0, 0.1) is 11.6 Å². The first kappa shape index (κ1) is 18.2. The lowest BCUT2D eigenvalue weighted by molar-refractivity contribution is 0.102. The lowest BCUT2D eigenvalue weighted by atomic mass is 10.2. The Morgan fingerprint density at radius 3 is 2.69 bits per heavy atom. The Bertz CT molecular complexity index is 952. The topological polar surface area (TPSA) is 92.3 Å². The van der Waals surface area contributed by atoms with Gasteiger partial charge >= 0.3 is 0 Å². The van der Waals surface area contributed by atoms with Crippen LogP contribution in [0.2, 0.25) is 0 Å². The summed E-state index contributed by atoms with van der Waals surface area (Å²) in [7, 11) is -1.37. The first-order valence-corrected chi connectivity index (χ1v) is 9.59. The van der Waals surface area contributed by atoms with Crippen LogP contribution in [0.5, 0.6) is 0 Å². The Labute approximate surface area is 149 Å². The van der Waals surface area contributed by atoms with E-state index in [1.54, 1.807) is 11.9 Å². The van der Waals surface area contributed by atoms with Gasteiger partial charge in [-0.2, -0.15) is 0 Å². The maximum Gasteiger partial charge on any atom is 0.274 e. The molecule has 3 rings (SSSR count). The minimum Gasteiger partial charge on any atom is -0.356 e. The maximum atomic E-state index is 13.7. The number of nitrogens with one attached hydrogen (secondary N) is 1. The second-order valence-electron chi connectivity index (χ2n) is 6.01. The van der Waals surface area contributed by atoms with Gasteiger partial charge in [-0.1, -0.05) is 0 Å². The van der Waals surface area contributed by atoms with Gasteiger partial charge in [0.15, 0.2) is 9.84 Å². The lowest BCUT2D eigenvalue weighted by Gasteiger charge is -2.24. The molecule has 26 heavy (non-hydrogen) atoms. The number of nitrogens with zero attached hydrogens (tertiary/aromatic N) is 3. The van der Waals surface area contributed by atoms with Crippen molar-refractivity contribution in [2.24, 2.45) is 0 Å². The van der Waals surface area contributed by atoms with Crippen LogP contribution in [0.1, 0.15) is 16.9 Å². The van der Waals surface area contributed by atoms with E-state index in [4.69, 9.17) is 0 Å². The molecular weight excluding hydrogens is 366 g/mol. The van der Waals surface area contributed by atoms with Crippen molar-refractivity contribution in [3.63, 3.8) is 0 Å². The Morgan fingerprint density at radius 2 is 2.04 bits per heavy atom. The third-order valence-corrected chi connectivity index (χ3v) is 5.93. The number of rotatable bonds is 4. The molecule has 2 aromatic rings. The van der Waals surface area contributed by atoms with E-state index in [-0.39, 0.29) is 28.9 Å². The molecule has 1 aromatic heterocycles. The molecule has 1 N–H and O–H groups in total. The van der Waals surface area contributed by atoms with Crippen molar-refractivity contribution in [1.29, 1.82) is 0 Å². The molecular formula is C16H16F2N4O3S. The van der Waals surface area contributed by atoms with Crippen LogP contribution in [-0.4, -0.2) is 48.9 Å². The molecule has 1 atom stereocenters. The molecule has 0 spiro atoms. The van der Waals surface area contributed by atoms with E-state index in [1.807, 2.05) is 0 Å². The molecule has 138 valence electrons. The molecule has 0 aliphatic carbocycles. The van der Waals surface area contributed by atoms with Gasteiger partial charge in [-0.05, 0) is 18.6 Å². The van der Waals surface area contributed by atoms with Crippen molar-refractivity contribution in [3.05, 3.63) is 47.9 Å². The second-order valence-corrected chi connectivity index (χ2v) is 8.24. The van der Waals surface area contributed by atoms with Crippen molar-refractivity contribution in [2.75, 3.05) is 28.8 Å². The van der Waals surface area contributed by atoms with Crippen molar-refractivity contribution < 1.29 is 22.0 Å². The highest BCUT2D eigenvalue weighted by molar-refractivity contribution is 7.91. The van der Waals surface area contributed by atoms with Crippen LogP contribution in [-0.2, 0) is 9.84 Å². The fraction of sp³-hybridized carbons (Fsp3) is 0.312. The van der Waals surface area contributed by atoms with E-state index in [0.29, 0.717) is 18.3 Å². The monoisotopic (exact) mass is 382 g/mol. The highest BCUT2D eigenvalue weighted by Crippen LogP contribution is 2.22. The number of sulfone groups is 1. The molecule has 7 nitrogen and oxygen atoms in total. The van der Waals surface area contributed by atoms with E-state index in [9.17, 15) is 22.0 Å². The van der Waals surface area contributed by atoms with Crippen LogP contribution in [0.25, 0.3) is 0 Å². The van der Waals surface area contributed by atoms with E-state index in [2.05, 4.69) is 15.3 Å². The van der Waals surface area contributed by atoms with E-state index < -0.39 is 27.4 Å². The second kappa shape index (κ2) is 6.94. The summed E-state index contributed by atoms with van der Waals surface area (Å²) < 4.78 is 49.8. The molecule has 1 amide bonds. The van der Waals surface area contributed by atoms with Gasteiger partial charge in [-0.25, -0.2) is 27.2 Å². The smallest absolute Gasteiger partial charge is 0.274 e. The van der Waals surface area contributed by atoms with Crippen LogP contribution < -0.4 is 10.2 Å². The largest absolute Gasteiger partial charge is 0.356 e. The van der Waals surface area contributed by atoms with Crippen LogP contribution in [0.15, 0.2) is 30.6 Å². The van der Waals surface area contributed by atoms with Gasteiger partial charge in [-0.15, -0.1) is 0 Å². The van der Waals surface area contributed by atoms with E-state index in [0.717, 1.165) is 12.1 Å². The summed E-state index contributed by atoms with van der Waals surface area (Å²) in [6.07, 6.45) is 1.65. The summed E-state index contributed by atoms with van der Waals surface area (Å²) in [6.45, 7) is 0. The molecule has 1 aromatic carbocycles. The Kier molecular flexibility index (Phi) is 4.86. The fourth-order valence-electron chi connectivity index (χ4n) is 2.71. The third-order valence-electron chi connectivity index (χ3n) is 4.18. The molecule has 0 bridgehead atoms. The van der Waals surface area contributed by atoms with Gasteiger partial charge in [0.1, 0.15) is 29.5 Å². The van der Waals surface area contributed by atoms with Gasteiger partial charge in [0.25, 0.3) is 5.91 Å². The number of anilines is 2. The first-order valence-electron chi connectivity index (χ1n) is 7.77. The Morgan fingerprint density at radius 1 is 1.27 bits per heavy atom. The third kappa shape index (κ3) is 3.96. The molecule has 1 aliphatic heterocycles. The number of hydrogen-bond donors (Lipinski definition) is 1. The first-order chi connectivity index (χ1) is 12.2. The van der Waals surface area contributed by atoms with Crippen LogP contribution in [0.4, 0.5) is 20.3 Å². The van der Waals surface area contributed by atoms with Crippen molar-refractivity contribution in [1.82, 2.24) is 9.97 Å². The number of hydrogen-bond acceptors (Lipinski definition) is 6. The average molecular weight is 382 g/mol. The zero-order chi connectivity index (χ0) is 18.9. The molecule has 10 heteroatoms. The number of benzene rings is 1. The van der Waals surface area contributed by atoms with Crippen molar-refractivity contribution in [2.45, 2.75) is 12.5 Å². The van der Waals surface area contributed by atoms with Crippen LogP contribution in [0.3, 0.4) is 0 Å². The fourth-order valence-corrected chi connectivity index (χ4v) is 4.48. The quantitative estimate of drug-likeness (QED) is 0.864. The molecule has 1 aliphatic rings. The summed E-state index contributed by atoms with van der Waals surface area (Å²) >= 11 is 0. The van der Waals surface area contributed by atoms with Crippen molar-refractivity contribution in [3.8, 4) is 0 Å². The molecule has 2 heterocycles. The number of halogens is 2. The maximum absolute atomic E-state index is 13.7. The average Bonchev–Trinajstić information content (AvgIpc) is 2.96. The van der Waals surface area contributed by atoms with E-state index in [1.165, 1.54) is 12.4 Å². The SMILES string of the molecule is CN(c1cc(C(=O)Nc2ccc(F)cc2F)ncn1)C1CCS(=O)(=O)C1. The minimum absolute atomic E-state index is 0.0218. The molecule has 1 fully saturated rings. The van der Waals surface area contributed by atoms with Gasteiger partial charge in [-0.3, -0.25) is 4.79 Å². The Hall–Kier alpha value is -2.62. The standard InChI is InChI=1S/C16H16F2N4O3S/c1-22(11-4-5-26(24,25)8-11)15-7-14(19-9-20-15)16(23)21-13-3-2-10(17)6-12(13)18/h2-3,6-7,9,11H,4-5,8H2,1H3,(H,21,23). The predicted molar refractivity (Wildman–Crippen MR) is 91.8 cm³/mol. The number of carbonyl (C=O) groups is 1. The summed E-state index contributed by atoms with van der Waals surface area (Å²) in [4.78, 5) is 21.9. The molecule has 1 saturated heterocycles. The predicted octanol–water partition coefficient (Wildman–Crippen LogP) is 1.63. The highest BCUT2D eigenvalue weighted by atomic mass is 32.2. The molecule has 0 saturated carbocycles. The summed E-state index contributed by atoms with van der Waals surface area (Å²) in [5.74, 6) is -1.82. The zero-order valence-corrected chi connectivity index (χ0v) is 14.6. The molecule has 0 radical (unpaired) electrons. The lowest BCUT2D eigenvalue weighted by Crippen LogP contribution is -2.33. The normalized spacial score (nSPS) is 18.5. The number of carbonyl (C=O) groups excluding carboxylic acids is 1. The summed E-state index contributed by atoms with van der Waals surface area (Å²) in [6, 6.07) is 3.95. The van der Waals surface area contributed by atoms with Gasteiger partial charge < -0.3 is 10.2 Å². The molecule has 1 unspecified atom stereocenters. The van der Waals surface area contributed by atoms with Crippen molar-refractivity contribution >= 4 is 27.2 Å². The Balaban J connectivity index is 1.77. The highest BCUT2D eigenvalue weighted by Gasteiger charge is 2.31. The van der Waals surface area contributed by atoms with Gasteiger partial charge in [0, 0.05) is 25.2 Å². The van der Waals surface area contributed by atoms with Crippen LogP contribution >= 0.6 is 0 Å².